The lowest BCUT2D eigenvalue weighted by atomic mass is 9.77. The molecule has 0 spiro atoms. The van der Waals surface area contributed by atoms with Crippen LogP contribution in [-0.4, -0.2) is 50.9 Å². The number of nitrogens with one attached hydrogen (secondary N) is 1. The molecule has 2 fully saturated rings. The molecule has 0 radical (unpaired) electrons. The van der Waals surface area contributed by atoms with Crippen LogP contribution in [0.2, 0.25) is 0 Å². The van der Waals surface area contributed by atoms with Gasteiger partial charge in [-0.2, -0.15) is 13.6 Å². The van der Waals surface area contributed by atoms with Crippen LogP contribution in [-0.2, 0) is 7.05 Å². The Morgan fingerprint density at radius 2 is 1.71 bits per heavy atom. The number of nitrogens with zero attached hydrogens (tertiary/aromatic N) is 6. The Hall–Kier alpha value is -4.08. The number of hydrogen-bond acceptors (Lipinski definition) is 7. The molecule has 1 aliphatic heterocycles. The maximum Gasteiger partial charge on any atom is 0.387 e. The van der Waals surface area contributed by atoms with Crippen LogP contribution in [0.4, 0.5) is 20.3 Å². The Bertz CT molecular complexity index is 1440. The number of aryl methyl sites for hydroxylation is 1. The lowest BCUT2D eigenvalue weighted by Crippen LogP contribution is -2.39. The average Bonchev–Trinajstić information content (AvgIpc) is 3.45. The fourth-order valence-corrected chi connectivity index (χ4v) is 6.53. The topological polar surface area (TPSA) is 81.0 Å². The van der Waals surface area contributed by atoms with Gasteiger partial charge >= 0.3 is 6.61 Å². The van der Waals surface area contributed by atoms with Crippen LogP contribution in [0.25, 0.3) is 22.5 Å². The highest BCUT2D eigenvalue weighted by Crippen LogP contribution is 2.36. The molecule has 0 unspecified atom stereocenters. The van der Waals surface area contributed by atoms with Gasteiger partial charge < -0.3 is 15.0 Å². The average molecular weight is 574 g/mol. The van der Waals surface area contributed by atoms with E-state index in [2.05, 4.69) is 65.7 Å². The van der Waals surface area contributed by atoms with Gasteiger partial charge in [0.05, 0.1) is 7.05 Å². The van der Waals surface area contributed by atoms with Gasteiger partial charge in [-0.25, -0.2) is 4.98 Å². The first-order valence-electron chi connectivity index (χ1n) is 14.9. The van der Waals surface area contributed by atoms with Crippen LogP contribution in [0.15, 0.2) is 66.9 Å². The maximum absolute atomic E-state index is 12.5. The van der Waals surface area contributed by atoms with Crippen LogP contribution in [0.1, 0.15) is 44.9 Å². The molecule has 2 aromatic carbocycles. The summed E-state index contributed by atoms with van der Waals surface area (Å²) in [6.45, 7) is -0.671. The summed E-state index contributed by atoms with van der Waals surface area (Å²) in [5.41, 5.74) is 4.16. The number of ether oxygens (including phenoxy) is 1. The fourth-order valence-electron chi connectivity index (χ4n) is 6.53. The van der Waals surface area contributed by atoms with Crippen molar-refractivity contribution >= 4 is 11.5 Å². The quantitative estimate of drug-likeness (QED) is 0.235. The predicted octanol–water partition coefficient (Wildman–Crippen LogP) is 6.82. The first-order valence-corrected chi connectivity index (χ1v) is 14.9. The molecule has 0 amide bonds. The van der Waals surface area contributed by atoms with Crippen molar-refractivity contribution in [2.75, 3.05) is 23.3 Å². The Morgan fingerprint density at radius 1 is 0.929 bits per heavy atom. The molecule has 8 nitrogen and oxygen atoms in total. The summed E-state index contributed by atoms with van der Waals surface area (Å²) in [6, 6.07) is 19.7. The first-order chi connectivity index (χ1) is 20.5. The van der Waals surface area contributed by atoms with Gasteiger partial charge in [0.2, 0.25) is 5.82 Å². The fraction of sp³-hybridized carbons (Fsp3) is 0.438. The zero-order valence-electron chi connectivity index (χ0n) is 23.9. The Balaban J connectivity index is 1.08. The number of pyridine rings is 1. The second-order valence-electron chi connectivity index (χ2n) is 11.5. The van der Waals surface area contributed by atoms with Crippen LogP contribution in [0.3, 0.4) is 0 Å². The SMILES string of the molecule is Cn1nnc(-c2ccc(N3CCC[C@H](C[C@@H]4CCCC[C@H]4Nc4cc(-c5ccc(OC(F)F)cc5)ccn4)C3)cc2)n1. The third-order valence-electron chi connectivity index (χ3n) is 8.57. The second-order valence-corrected chi connectivity index (χ2v) is 11.5. The molecule has 3 heterocycles. The van der Waals surface area contributed by atoms with Crippen molar-refractivity contribution in [1.29, 1.82) is 0 Å². The van der Waals surface area contributed by atoms with Crippen LogP contribution in [0.5, 0.6) is 5.75 Å². The summed E-state index contributed by atoms with van der Waals surface area (Å²) in [4.78, 5) is 8.63. The summed E-state index contributed by atoms with van der Waals surface area (Å²) in [5, 5.41) is 16.1. The number of alkyl halides is 2. The molecule has 2 aromatic heterocycles. The minimum atomic E-state index is -2.83. The Morgan fingerprint density at radius 3 is 2.48 bits per heavy atom. The largest absolute Gasteiger partial charge is 0.435 e. The highest BCUT2D eigenvalue weighted by atomic mass is 19.3. The zero-order chi connectivity index (χ0) is 28.9. The van der Waals surface area contributed by atoms with Gasteiger partial charge in [-0.1, -0.05) is 25.0 Å². The third kappa shape index (κ3) is 6.86. The molecule has 4 aromatic rings. The number of rotatable bonds is 9. The van der Waals surface area contributed by atoms with Crippen molar-refractivity contribution in [3.8, 4) is 28.3 Å². The highest BCUT2D eigenvalue weighted by molar-refractivity contribution is 5.67. The van der Waals surface area contributed by atoms with Crippen molar-refractivity contribution in [3.05, 3.63) is 66.9 Å². The van der Waals surface area contributed by atoms with E-state index in [1.54, 1.807) is 31.3 Å². The minimum absolute atomic E-state index is 0.156. The van der Waals surface area contributed by atoms with Crippen LogP contribution >= 0.6 is 0 Å². The molecule has 2 aliphatic rings. The molecule has 10 heteroatoms. The molecule has 1 N–H and O–H groups in total. The van der Waals surface area contributed by atoms with E-state index in [1.807, 2.05) is 12.3 Å². The standard InChI is InChI=1S/C32H37F2N7O/c1-40-38-31(37-39-40)24-8-12-27(13-9-24)41-18-4-5-22(21-41)19-26-6-2-3-7-29(26)36-30-20-25(16-17-35-30)23-10-14-28(15-11-23)42-32(33)34/h8-17,20,22,26,29,32H,2-7,18-19,21H2,1H3,(H,35,36)/t22-,26+,29-/m1/s1. The highest BCUT2D eigenvalue weighted by Gasteiger charge is 2.30. The van der Waals surface area contributed by atoms with E-state index in [4.69, 9.17) is 0 Å². The number of hydrogen-bond donors (Lipinski definition) is 1. The van der Waals surface area contributed by atoms with Gasteiger partial charge in [-0.05, 0) is 109 Å². The minimum Gasteiger partial charge on any atom is -0.435 e. The smallest absolute Gasteiger partial charge is 0.387 e. The molecule has 42 heavy (non-hydrogen) atoms. The van der Waals surface area contributed by atoms with E-state index in [-0.39, 0.29) is 5.75 Å². The summed E-state index contributed by atoms with van der Waals surface area (Å²) in [6.07, 6.45) is 10.4. The molecule has 220 valence electrons. The summed E-state index contributed by atoms with van der Waals surface area (Å²) in [7, 11) is 1.77. The Kier molecular flexibility index (Phi) is 8.58. The van der Waals surface area contributed by atoms with Crippen LogP contribution < -0.4 is 15.0 Å². The predicted molar refractivity (Wildman–Crippen MR) is 159 cm³/mol. The summed E-state index contributed by atoms with van der Waals surface area (Å²) < 4.78 is 29.5. The van der Waals surface area contributed by atoms with E-state index in [0.717, 1.165) is 42.0 Å². The van der Waals surface area contributed by atoms with Gasteiger partial charge in [-0.15, -0.1) is 10.2 Å². The van der Waals surface area contributed by atoms with Crippen LogP contribution in [0, 0.1) is 11.8 Å². The van der Waals surface area contributed by atoms with Gasteiger partial charge in [0.15, 0.2) is 0 Å². The molecular weight excluding hydrogens is 536 g/mol. The molecule has 1 aliphatic carbocycles. The summed E-state index contributed by atoms with van der Waals surface area (Å²) >= 11 is 0. The lowest BCUT2D eigenvalue weighted by Gasteiger charge is -2.39. The molecule has 1 saturated carbocycles. The lowest BCUT2D eigenvalue weighted by molar-refractivity contribution is -0.0498. The third-order valence-corrected chi connectivity index (χ3v) is 8.57. The number of aromatic nitrogens is 5. The number of tetrazole rings is 1. The van der Waals surface area contributed by atoms with E-state index in [1.165, 1.54) is 49.0 Å². The number of halogens is 2. The number of anilines is 2. The van der Waals surface area contributed by atoms with Crippen molar-refractivity contribution in [2.45, 2.75) is 57.6 Å². The molecule has 0 bridgehead atoms. The van der Waals surface area contributed by atoms with E-state index in [0.29, 0.717) is 23.7 Å². The van der Waals surface area contributed by atoms with Crippen molar-refractivity contribution < 1.29 is 13.5 Å². The van der Waals surface area contributed by atoms with E-state index < -0.39 is 6.61 Å². The maximum atomic E-state index is 12.5. The van der Waals surface area contributed by atoms with Gasteiger partial charge in [0, 0.05) is 36.6 Å². The molecule has 6 rings (SSSR count). The van der Waals surface area contributed by atoms with Gasteiger partial charge in [-0.3, -0.25) is 0 Å². The Labute approximate surface area is 245 Å². The second kappa shape index (κ2) is 12.8. The first kappa shape index (κ1) is 28.1. The van der Waals surface area contributed by atoms with E-state index in [9.17, 15) is 8.78 Å². The normalized spacial score (nSPS) is 21.0. The molecular formula is C32H37F2N7O. The van der Waals surface area contributed by atoms with Crippen molar-refractivity contribution in [1.82, 2.24) is 25.2 Å². The molecule has 3 atom stereocenters. The van der Waals surface area contributed by atoms with Gasteiger partial charge in [0.1, 0.15) is 11.6 Å². The monoisotopic (exact) mass is 573 g/mol. The zero-order valence-corrected chi connectivity index (χ0v) is 23.9. The number of benzene rings is 2. The molecule has 1 saturated heterocycles. The van der Waals surface area contributed by atoms with E-state index >= 15 is 0 Å². The summed E-state index contributed by atoms with van der Waals surface area (Å²) in [5.74, 6) is 2.92. The van der Waals surface area contributed by atoms with Crippen molar-refractivity contribution in [2.24, 2.45) is 18.9 Å². The number of piperidine rings is 1. The van der Waals surface area contributed by atoms with Crippen molar-refractivity contribution in [3.63, 3.8) is 0 Å². The van der Waals surface area contributed by atoms with Gasteiger partial charge in [0.25, 0.3) is 0 Å².